The van der Waals surface area contributed by atoms with Crippen molar-refractivity contribution >= 4 is 0 Å². The number of methoxy groups -OCH3 is 2. The minimum Gasteiger partial charge on any atom is -0.496 e. The van der Waals surface area contributed by atoms with E-state index in [2.05, 4.69) is 0 Å². The van der Waals surface area contributed by atoms with Crippen LogP contribution < -0.4 is 15.2 Å². The number of ether oxygens (including phenoxy) is 2. The Labute approximate surface area is 107 Å². The van der Waals surface area contributed by atoms with E-state index in [-0.39, 0.29) is 5.54 Å². The van der Waals surface area contributed by atoms with Crippen molar-refractivity contribution in [3.63, 3.8) is 0 Å². The Morgan fingerprint density at radius 3 is 2.28 bits per heavy atom. The van der Waals surface area contributed by atoms with Gasteiger partial charge in [0.25, 0.3) is 0 Å². The van der Waals surface area contributed by atoms with Crippen molar-refractivity contribution in [2.75, 3.05) is 14.2 Å². The van der Waals surface area contributed by atoms with Gasteiger partial charge in [-0.05, 0) is 18.9 Å². The Morgan fingerprint density at radius 1 is 1.17 bits per heavy atom. The molecule has 1 aliphatic rings. The van der Waals surface area contributed by atoms with Crippen molar-refractivity contribution < 1.29 is 13.9 Å². The molecule has 0 amide bonds. The Hall–Kier alpha value is -1.29. The minimum atomic E-state index is -0.559. The Bertz CT molecular complexity index is 428. The third-order valence-corrected chi connectivity index (χ3v) is 3.78. The van der Waals surface area contributed by atoms with Crippen LogP contribution in [0.25, 0.3) is 0 Å². The number of benzene rings is 1. The molecule has 0 aromatic heterocycles. The maximum absolute atomic E-state index is 13.0. The molecule has 3 nitrogen and oxygen atoms in total. The van der Waals surface area contributed by atoms with Gasteiger partial charge in [-0.15, -0.1) is 0 Å². The van der Waals surface area contributed by atoms with Crippen LogP contribution in [0.3, 0.4) is 0 Å². The van der Waals surface area contributed by atoms with E-state index in [0.717, 1.165) is 31.2 Å². The van der Waals surface area contributed by atoms with Crippen LogP contribution in [0.4, 0.5) is 4.39 Å². The molecule has 18 heavy (non-hydrogen) atoms. The highest BCUT2D eigenvalue weighted by atomic mass is 19.1. The number of hydrogen-bond donors (Lipinski definition) is 1. The van der Waals surface area contributed by atoms with E-state index in [1.807, 2.05) is 0 Å². The summed E-state index contributed by atoms with van der Waals surface area (Å²) in [5.74, 6) is 1.20. The van der Waals surface area contributed by atoms with E-state index in [4.69, 9.17) is 15.2 Å². The van der Waals surface area contributed by atoms with Crippen LogP contribution >= 0.6 is 0 Å². The second kappa shape index (κ2) is 5.14. The van der Waals surface area contributed by atoms with Crippen LogP contribution in [0.15, 0.2) is 12.1 Å². The van der Waals surface area contributed by atoms with E-state index in [1.165, 1.54) is 7.11 Å². The fourth-order valence-electron chi connectivity index (χ4n) is 2.73. The van der Waals surface area contributed by atoms with Gasteiger partial charge in [-0.2, -0.15) is 0 Å². The second-order valence-corrected chi connectivity index (χ2v) is 4.86. The molecule has 0 spiro atoms. The normalized spacial score (nSPS) is 17.8. The van der Waals surface area contributed by atoms with E-state index < -0.39 is 6.67 Å². The molecule has 0 radical (unpaired) electrons. The van der Waals surface area contributed by atoms with Gasteiger partial charge in [0.05, 0.1) is 14.2 Å². The molecule has 1 fully saturated rings. The molecule has 2 rings (SSSR count). The van der Waals surface area contributed by atoms with E-state index in [0.29, 0.717) is 17.1 Å². The fourth-order valence-corrected chi connectivity index (χ4v) is 2.73. The maximum Gasteiger partial charge on any atom is 0.128 e. The molecule has 100 valence electrons. The molecule has 1 saturated carbocycles. The Balaban J connectivity index is 2.51. The highest BCUT2D eigenvalue weighted by molar-refractivity contribution is 5.49. The first-order chi connectivity index (χ1) is 8.64. The van der Waals surface area contributed by atoms with Crippen molar-refractivity contribution in [3.05, 3.63) is 23.3 Å². The topological polar surface area (TPSA) is 44.5 Å². The summed E-state index contributed by atoms with van der Waals surface area (Å²) in [6, 6.07) is 3.53. The van der Waals surface area contributed by atoms with Crippen LogP contribution in [0.1, 0.15) is 36.8 Å². The highest BCUT2D eigenvalue weighted by Crippen LogP contribution is 2.43. The van der Waals surface area contributed by atoms with Gasteiger partial charge in [0.2, 0.25) is 0 Å². The summed E-state index contributed by atoms with van der Waals surface area (Å²) in [5, 5.41) is 0. The number of rotatable bonds is 4. The molecule has 4 heteroatoms. The average Bonchev–Trinajstić information content (AvgIpc) is 2.85. The van der Waals surface area contributed by atoms with Gasteiger partial charge in [-0.3, -0.25) is 0 Å². The minimum absolute atomic E-state index is 0.387. The molecule has 2 N–H and O–H groups in total. The number of hydrogen-bond acceptors (Lipinski definition) is 3. The van der Waals surface area contributed by atoms with Gasteiger partial charge in [0.15, 0.2) is 0 Å². The van der Waals surface area contributed by atoms with Crippen molar-refractivity contribution in [1.29, 1.82) is 0 Å². The molecule has 1 aromatic carbocycles. The lowest BCUT2D eigenvalue weighted by Gasteiger charge is -2.27. The lowest BCUT2D eigenvalue weighted by atomic mass is 9.87. The molecular weight excluding hydrogens is 233 g/mol. The standard InChI is InChI=1S/C14H20FNO2/c1-17-12-8-13(18-2)11(7-10(12)9-15)14(16)5-3-4-6-14/h7-8H,3-6,9,16H2,1-2H3. The number of nitrogens with two attached hydrogens (primary N) is 1. The van der Waals surface area contributed by atoms with Crippen LogP contribution in [0.2, 0.25) is 0 Å². The first-order valence-corrected chi connectivity index (χ1v) is 6.25. The molecule has 0 heterocycles. The summed E-state index contributed by atoms with van der Waals surface area (Å²) in [6.45, 7) is -0.559. The molecule has 0 atom stereocenters. The van der Waals surface area contributed by atoms with Crippen molar-refractivity contribution in [2.45, 2.75) is 37.9 Å². The summed E-state index contributed by atoms with van der Waals surface area (Å²) < 4.78 is 23.6. The molecular formula is C14H20FNO2. The Morgan fingerprint density at radius 2 is 1.78 bits per heavy atom. The fraction of sp³-hybridized carbons (Fsp3) is 0.571. The zero-order valence-electron chi connectivity index (χ0n) is 11.0. The van der Waals surface area contributed by atoms with Crippen LogP contribution in [-0.2, 0) is 12.2 Å². The SMILES string of the molecule is COc1cc(OC)c(C2(N)CCCC2)cc1CF. The molecule has 0 unspecified atom stereocenters. The van der Waals surface area contributed by atoms with Gasteiger partial charge in [0.1, 0.15) is 18.2 Å². The first-order valence-electron chi connectivity index (χ1n) is 6.25. The van der Waals surface area contributed by atoms with Crippen LogP contribution in [0, 0.1) is 0 Å². The van der Waals surface area contributed by atoms with Gasteiger partial charge in [-0.1, -0.05) is 12.8 Å². The second-order valence-electron chi connectivity index (χ2n) is 4.86. The van der Waals surface area contributed by atoms with Gasteiger partial charge in [0, 0.05) is 22.7 Å². The average molecular weight is 253 g/mol. The molecule has 1 aliphatic carbocycles. The van der Waals surface area contributed by atoms with E-state index in [1.54, 1.807) is 19.2 Å². The third-order valence-electron chi connectivity index (χ3n) is 3.78. The third kappa shape index (κ3) is 2.17. The largest absolute Gasteiger partial charge is 0.496 e. The van der Waals surface area contributed by atoms with E-state index >= 15 is 0 Å². The maximum atomic E-state index is 13.0. The summed E-state index contributed by atoms with van der Waals surface area (Å²) >= 11 is 0. The van der Waals surface area contributed by atoms with Gasteiger partial charge in [-0.25, -0.2) is 4.39 Å². The molecule has 0 bridgehead atoms. The zero-order chi connectivity index (χ0) is 13.2. The monoisotopic (exact) mass is 253 g/mol. The quantitative estimate of drug-likeness (QED) is 0.897. The Kier molecular flexibility index (Phi) is 3.76. The predicted molar refractivity (Wildman–Crippen MR) is 68.7 cm³/mol. The van der Waals surface area contributed by atoms with Crippen LogP contribution in [-0.4, -0.2) is 14.2 Å². The summed E-state index contributed by atoms with van der Waals surface area (Å²) in [7, 11) is 3.13. The lowest BCUT2D eigenvalue weighted by molar-refractivity contribution is 0.362. The van der Waals surface area contributed by atoms with Crippen molar-refractivity contribution in [2.24, 2.45) is 5.73 Å². The molecule has 0 aliphatic heterocycles. The molecule has 1 aromatic rings. The smallest absolute Gasteiger partial charge is 0.128 e. The summed E-state index contributed by atoms with van der Waals surface area (Å²) in [5.41, 5.74) is 7.47. The predicted octanol–water partition coefficient (Wildman–Crippen LogP) is 2.90. The first kappa shape index (κ1) is 13.1. The van der Waals surface area contributed by atoms with E-state index in [9.17, 15) is 4.39 Å². The van der Waals surface area contributed by atoms with Crippen LogP contribution in [0.5, 0.6) is 11.5 Å². The zero-order valence-corrected chi connectivity index (χ0v) is 11.0. The van der Waals surface area contributed by atoms with Gasteiger partial charge < -0.3 is 15.2 Å². The highest BCUT2D eigenvalue weighted by Gasteiger charge is 2.34. The van der Waals surface area contributed by atoms with Crippen molar-refractivity contribution in [1.82, 2.24) is 0 Å². The summed E-state index contributed by atoms with van der Waals surface area (Å²) in [4.78, 5) is 0. The molecule has 0 saturated heterocycles. The lowest BCUT2D eigenvalue weighted by Crippen LogP contribution is -2.33. The number of alkyl halides is 1. The van der Waals surface area contributed by atoms with Gasteiger partial charge >= 0.3 is 0 Å². The number of halogens is 1. The summed E-state index contributed by atoms with van der Waals surface area (Å²) in [6.07, 6.45) is 4.05. The van der Waals surface area contributed by atoms with Crippen molar-refractivity contribution in [3.8, 4) is 11.5 Å².